The molecule has 1 aliphatic rings. The Hall–Kier alpha value is -2.26. The number of hydrogen-bond acceptors (Lipinski definition) is 6. The normalized spacial score (nSPS) is 15.5. The standard InChI is InChI=1S/C15H20N6O2S/c1-19-11-12(17-18-19)14(22)16-4-5-20-6-8-21(9-7-20)15(23)13-3-2-10-24-13/h2-3,10-11H,4-9H2,1H3,(H,16,22). The predicted molar refractivity (Wildman–Crippen MR) is 90.0 cm³/mol. The summed E-state index contributed by atoms with van der Waals surface area (Å²) in [7, 11) is 1.72. The van der Waals surface area contributed by atoms with Gasteiger partial charge in [0.2, 0.25) is 0 Å². The maximum absolute atomic E-state index is 12.3. The van der Waals surface area contributed by atoms with Gasteiger partial charge in [-0.1, -0.05) is 11.3 Å². The highest BCUT2D eigenvalue weighted by atomic mass is 32.1. The first-order chi connectivity index (χ1) is 11.6. The molecule has 0 atom stereocenters. The third-order valence-corrected chi connectivity index (χ3v) is 4.80. The van der Waals surface area contributed by atoms with Crippen LogP contribution in [0.2, 0.25) is 0 Å². The van der Waals surface area contributed by atoms with Crippen LogP contribution in [0.1, 0.15) is 20.2 Å². The Morgan fingerprint density at radius 2 is 2.08 bits per heavy atom. The molecule has 1 aliphatic heterocycles. The van der Waals surface area contributed by atoms with Crippen LogP contribution >= 0.6 is 11.3 Å². The number of piperazine rings is 1. The molecule has 0 aromatic carbocycles. The zero-order valence-electron chi connectivity index (χ0n) is 13.5. The molecule has 1 saturated heterocycles. The van der Waals surface area contributed by atoms with Gasteiger partial charge in [-0.05, 0) is 11.4 Å². The molecule has 24 heavy (non-hydrogen) atoms. The van der Waals surface area contributed by atoms with Crippen LogP contribution in [0.5, 0.6) is 0 Å². The van der Waals surface area contributed by atoms with Gasteiger partial charge in [0.1, 0.15) is 0 Å². The molecule has 2 aromatic rings. The first-order valence-electron chi connectivity index (χ1n) is 7.83. The number of rotatable bonds is 5. The van der Waals surface area contributed by atoms with E-state index in [1.807, 2.05) is 22.4 Å². The number of aryl methyl sites for hydroxylation is 1. The SMILES string of the molecule is Cn1cc(C(=O)NCCN2CCN(C(=O)c3cccs3)CC2)nn1. The van der Waals surface area contributed by atoms with Gasteiger partial charge >= 0.3 is 0 Å². The van der Waals surface area contributed by atoms with Gasteiger partial charge in [0.25, 0.3) is 11.8 Å². The van der Waals surface area contributed by atoms with Crippen molar-refractivity contribution in [3.8, 4) is 0 Å². The van der Waals surface area contributed by atoms with Crippen LogP contribution in [-0.4, -0.2) is 75.9 Å². The fourth-order valence-corrected chi connectivity index (χ4v) is 3.29. The highest BCUT2D eigenvalue weighted by molar-refractivity contribution is 7.12. The molecule has 2 amide bonds. The third-order valence-electron chi connectivity index (χ3n) is 3.94. The lowest BCUT2D eigenvalue weighted by Gasteiger charge is -2.34. The number of aromatic nitrogens is 3. The van der Waals surface area contributed by atoms with E-state index in [9.17, 15) is 9.59 Å². The Morgan fingerprint density at radius 3 is 2.71 bits per heavy atom. The van der Waals surface area contributed by atoms with Gasteiger partial charge in [0, 0.05) is 46.3 Å². The van der Waals surface area contributed by atoms with E-state index in [2.05, 4.69) is 20.5 Å². The van der Waals surface area contributed by atoms with E-state index < -0.39 is 0 Å². The second-order valence-electron chi connectivity index (χ2n) is 5.64. The maximum Gasteiger partial charge on any atom is 0.273 e. The molecule has 3 rings (SSSR count). The summed E-state index contributed by atoms with van der Waals surface area (Å²) in [6.07, 6.45) is 1.59. The van der Waals surface area contributed by atoms with Crippen molar-refractivity contribution in [3.05, 3.63) is 34.3 Å². The van der Waals surface area contributed by atoms with E-state index in [1.165, 1.54) is 16.0 Å². The van der Waals surface area contributed by atoms with Crippen LogP contribution in [-0.2, 0) is 7.05 Å². The molecule has 2 aromatic heterocycles. The van der Waals surface area contributed by atoms with Crippen molar-refractivity contribution in [2.75, 3.05) is 39.3 Å². The molecule has 3 heterocycles. The van der Waals surface area contributed by atoms with Gasteiger partial charge in [-0.3, -0.25) is 19.2 Å². The number of thiophene rings is 1. The molecule has 1 fully saturated rings. The van der Waals surface area contributed by atoms with Crippen molar-refractivity contribution in [2.24, 2.45) is 7.05 Å². The summed E-state index contributed by atoms with van der Waals surface area (Å²) in [6, 6.07) is 3.76. The Morgan fingerprint density at radius 1 is 1.29 bits per heavy atom. The Kier molecular flexibility index (Phi) is 5.21. The molecule has 0 saturated carbocycles. The largest absolute Gasteiger partial charge is 0.349 e. The molecular formula is C15H20N6O2S. The highest BCUT2D eigenvalue weighted by Crippen LogP contribution is 2.13. The molecule has 128 valence electrons. The summed E-state index contributed by atoms with van der Waals surface area (Å²) in [4.78, 5) is 29.1. The number of nitrogens with one attached hydrogen (secondary N) is 1. The van der Waals surface area contributed by atoms with Crippen molar-refractivity contribution in [3.63, 3.8) is 0 Å². The Bertz CT molecular complexity index is 691. The molecule has 9 heteroatoms. The average Bonchev–Trinajstić information content (AvgIpc) is 3.26. The van der Waals surface area contributed by atoms with E-state index in [-0.39, 0.29) is 11.8 Å². The molecule has 1 N–H and O–H groups in total. The second-order valence-corrected chi connectivity index (χ2v) is 6.59. The first-order valence-corrected chi connectivity index (χ1v) is 8.71. The topological polar surface area (TPSA) is 83.4 Å². The van der Waals surface area contributed by atoms with Gasteiger partial charge in [0.05, 0.1) is 11.1 Å². The minimum atomic E-state index is -0.213. The monoisotopic (exact) mass is 348 g/mol. The fourth-order valence-electron chi connectivity index (χ4n) is 2.60. The molecular weight excluding hydrogens is 328 g/mol. The number of carbonyl (C=O) groups excluding carboxylic acids is 2. The predicted octanol–water partition coefficient (Wildman–Crippen LogP) is 0.0644. The van der Waals surface area contributed by atoms with Crippen LogP contribution in [0.25, 0.3) is 0 Å². The highest BCUT2D eigenvalue weighted by Gasteiger charge is 2.22. The molecule has 0 spiro atoms. The fraction of sp³-hybridized carbons (Fsp3) is 0.467. The summed E-state index contributed by atoms with van der Waals surface area (Å²) in [5.74, 6) is -0.102. The molecule has 0 radical (unpaired) electrons. The number of carbonyl (C=O) groups is 2. The van der Waals surface area contributed by atoms with E-state index in [1.54, 1.807) is 13.2 Å². The Balaban J connectivity index is 1.38. The Labute approximate surface area is 144 Å². The smallest absolute Gasteiger partial charge is 0.273 e. The summed E-state index contributed by atoms with van der Waals surface area (Å²) >= 11 is 1.48. The number of amides is 2. The maximum atomic E-state index is 12.3. The van der Waals surface area contributed by atoms with Crippen LogP contribution in [0.3, 0.4) is 0 Å². The van der Waals surface area contributed by atoms with Crippen LogP contribution in [0.4, 0.5) is 0 Å². The van der Waals surface area contributed by atoms with E-state index in [0.29, 0.717) is 12.2 Å². The van der Waals surface area contributed by atoms with Gasteiger partial charge < -0.3 is 10.2 Å². The van der Waals surface area contributed by atoms with Gasteiger partial charge in [-0.2, -0.15) is 0 Å². The second kappa shape index (κ2) is 7.54. The molecule has 0 aliphatic carbocycles. The minimum absolute atomic E-state index is 0.112. The summed E-state index contributed by atoms with van der Waals surface area (Å²) in [6.45, 7) is 4.38. The van der Waals surface area contributed by atoms with Gasteiger partial charge in [0.15, 0.2) is 5.69 Å². The average molecular weight is 348 g/mol. The third kappa shape index (κ3) is 3.98. The van der Waals surface area contributed by atoms with Crippen molar-refractivity contribution >= 4 is 23.2 Å². The van der Waals surface area contributed by atoms with Crippen molar-refractivity contribution in [2.45, 2.75) is 0 Å². The van der Waals surface area contributed by atoms with E-state index in [0.717, 1.165) is 37.6 Å². The van der Waals surface area contributed by atoms with Crippen LogP contribution < -0.4 is 5.32 Å². The molecule has 8 nitrogen and oxygen atoms in total. The lowest BCUT2D eigenvalue weighted by atomic mass is 10.3. The zero-order chi connectivity index (χ0) is 16.9. The van der Waals surface area contributed by atoms with Crippen LogP contribution in [0.15, 0.2) is 23.7 Å². The van der Waals surface area contributed by atoms with Crippen molar-refractivity contribution < 1.29 is 9.59 Å². The van der Waals surface area contributed by atoms with E-state index >= 15 is 0 Å². The number of nitrogens with zero attached hydrogens (tertiary/aromatic N) is 5. The lowest BCUT2D eigenvalue weighted by molar-refractivity contribution is 0.0642. The summed E-state index contributed by atoms with van der Waals surface area (Å²) in [5, 5.41) is 12.3. The van der Waals surface area contributed by atoms with Gasteiger partial charge in [-0.15, -0.1) is 16.4 Å². The minimum Gasteiger partial charge on any atom is -0.349 e. The quantitative estimate of drug-likeness (QED) is 0.826. The van der Waals surface area contributed by atoms with Crippen LogP contribution in [0, 0.1) is 0 Å². The summed E-state index contributed by atoms with van der Waals surface area (Å²) in [5.41, 5.74) is 0.323. The first kappa shape index (κ1) is 16.6. The zero-order valence-corrected chi connectivity index (χ0v) is 14.3. The van der Waals surface area contributed by atoms with E-state index in [4.69, 9.17) is 0 Å². The van der Waals surface area contributed by atoms with Crippen molar-refractivity contribution in [1.82, 2.24) is 30.1 Å². The van der Waals surface area contributed by atoms with Gasteiger partial charge in [-0.25, -0.2) is 0 Å². The lowest BCUT2D eigenvalue weighted by Crippen LogP contribution is -2.50. The van der Waals surface area contributed by atoms with Crippen molar-refractivity contribution in [1.29, 1.82) is 0 Å². The molecule has 0 unspecified atom stereocenters. The molecule has 0 bridgehead atoms. The number of hydrogen-bond donors (Lipinski definition) is 1. The summed E-state index contributed by atoms with van der Waals surface area (Å²) < 4.78 is 1.50.